The van der Waals surface area contributed by atoms with E-state index in [2.05, 4.69) is 4.74 Å². The molecule has 1 saturated heterocycles. The molecule has 8 heteroatoms. The summed E-state index contributed by atoms with van der Waals surface area (Å²) in [5.41, 5.74) is 5.56. The van der Waals surface area contributed by atoms with E-state index >= 15 is 0 Å². The molecule has 1 aromatic carbocycles. The molecule has 1 fully saturated rings. The number of piperidine rings is 1. The van der Waals surface area contributed by atoms with Crippen LogP contribution in [0.2, 0.25) is 0 Å². The van der Waals surface area contributed by atoms with Crippen molar-refractivity contribution in [2.45, 2.75) is 30.2 Å². The van der Waals surface area contributed by atoms with Crippen molar-refractivity contribution in [2.24, 2.45) is 0 Å². The predicted octanol–water partition coefficient (Wildman–Crippen LogP) is 1.12. The minimum atomic E-state index is -4.11. The molecule has 1 unspecified atom stereocenters. The lowest BCUT2D eigenvalue weighted by atomic mass is 10.1. The molecule has 0 amide bonds. The molecule has 1 heterocycles. The number of benzene rings is 1. The summed E-state index contributed by atoms with van der Waals surface area (Å²) < 4.78 is 44.7. The van der Waals surface area contributed by atoms with Gasteiger partial charge in [-0.25, -0.2) is 12.8 Å². The molecule has 116 valence electrons. The van der Waals surface area contributed by atoms with E-state index in [1.807, 2.05) is 0 Å². The number of methoxy groups -OCH3 is 1. The molecule has 1 aromatic rings. The summed E-state index contributed by atoms with van der Waals surface area (Å²) in [6.07, 6.45) is 1.70. The maximum atomic E-state index is 13.9. The van der Waals surface area contributed by atoms with E-state index in [4.69, 9.17) is 5.73 Å². The Kier molecular flexibility index (Phi) is 4.48. The topological polar surface area (TPSA) is 89.7 Å². The van der Waals surface area contributed by atoms with E-state index in [9.17, 15) is 17.6 Å². The molecule has 0 spiro atoms. The van der Waals surface area contributed by atoms with Gasteiger partial charge in [0.15, 0.2) is 0 Å². The van der Waals surface area contributed by atoms with Gasteiger partial charge in [0.05, 0.1) is 7.11 Å². The minimum absolute atomic E-state index is 0.134. The van der Waals surface area contributed by atoms with E-state index in [1.165, 1.54) is 13.2 Å². The van der Waals surface area contributed by atoms with Crippen molar-refractivity contribution < 1.29 is 22.3 Å². The van der Waals surface area contributed by atoms with Gasteiger partial charge in [0.1, 0.15) is 16.8 Å². The fourth-order valence-electron chi connectivity index (χ4n) is 2.42. The third-order valence-corrected chi connectivity index (χ3v) is 5.41. The number of sulfonamides is 1. The normalized spacial score (nSPS) is 20.2. The van der Waals surface area contributed by atoms with Crippen LogP contribution in [0, 0.1) is 5.82 Å². The Morgan fingerprint density at radius 2 is 2.14 bits per heavy atom. The average Bonchev–Trinajstić information content (AvgIpc) is 2.46. The highest BCUT2D eigenvalue weighted by Gasteiger charge is 2.39. The summed E-state index contributed by atoms with van der Waals surface area (Å²) in [5, 5.41) is 0. The zero-order chi connectivity index (χ0) is 15.6. The van der Waals surface area contributed by atoms with Crippen molar-refractivity contribution in [1.82, 2.24) is 4.31 Å². The van der Waals surface area contributed by atoms with Crippen LogP contribution in [0.5, 0.6) is 0 Å². The average molecular weight is 316 g/mol. The fraction of sp³-hybridized carbons (Fsp3) is 0.462. The molecular formula is C13H17FN2O4S. The number of anilines is 1. The third kappa shape index (κ3) is 3.01. The molecule has 2 rings (SSSR count). The van der Waals surface area contributed by atoms with Crippen LogP contribution in [-0.2, 0) is 19.6 Å². The summed E-state index contributed by atoms with van der Waals surface area (Å²) in [4.78, 5) is 11.3. The molecule has 1 aliphatic rings. The van der Waals surface area contributed by atoms with Crippen molar-refractivity contribution in [1.29, 1.82) is 0 Å². The van der Waals surface area contributed by atoms with Crippen LogP contribution >= 0.6 is 0 Å². The Labute approximate surface area is 122 Å². The number of nitrogens with two attached hydrogens (primary N) is 1. The van der Waals surface area contributed by atoms with Crippen molar-refractivity contribution in [3.8, 4) is 0 Å². The van der Waals surface area contributed by atoms with E-state index in [0.717, 1.165) is 22.9 Å². The second-order valence-electron chi connectivity index (χ2n) is 4.84. The smallest absolute Gasteiger partial charge is 0.324 e. The Morgan fingerprint density at radius 3 is 2.76 bits per heavy atom. The van der Waals surface area contributed by atoms with Gasteiger partial charge in [-0.15, -0.1) is 0 Å². The number of nitrogen functional groups attached to an aromatic ring is 1. The first-order chi connectivity index (χ1) is 9.87. The molecule has 0 aliphatic carbocycles. The van der Waals surface area contributed by atoms with E-state index in [-0.39, 0.29) is 12.2 Å². The number of hydrogen-bond donors (Lipinski definition) is 1. The number of carbonyl (C=O) groups is 1. The van der Waals surface area contributed by atoms with Gasteiger partial charge in [-0.2, -0.15) is 4.31 Å². The monoisotopic (exact) mass is 316 g/mol. The van der Waals surface area contributed by atoms with Gasteiger partial charge in [-0.3, -0.25) is 4.79 Å². The van der Waals surface area contributed by atoms with Crippen molar-refractivity contribution in [3.05, 3.63) is 24.0 Å². The van der Waals surface area contributed by atoms with E-state index in [1.54, 1.807) is 0 Å². The lowest BCUT2D eigenvalue weighted by Crippen LogP contribution is -2.48. The van der Waals surface area contributed by atoms with Crippen LogP contribution in [0.4, 0.5) is 10.1 Å². The van der Waals surface area contributed by atoms with E-state index < -0.39 is 32.7 Å². The zero-order valence-corrected chi connectivity index (χ0v) is 12.4. The number of esters is 1. The number of ether oxygens (including phenoxy) is 1. The predicted molar refractivity (Wildman–Crippen MR) is 74.4 cm³/mol. The number of halogens is 1. The molecule has 0 radical (unpaired) electrons. The molecule has 1 atom stereocenters. The molecule has 0 saturated carbocycles. The second kappa shape index (κ2) is 5.98. The number of carbonyl (C=O) groups excluding carboxylic acids is 1. The molecule has 0 bridgehead atoms. The van der Waals surface area contributed by atoms with Gasteiger partial charge in [-0.05, 0) is 37.5 Å². The highest BCUT2D eigenvalue weighted by molar-refractivity contribution is 7.89. The first-order valence-electron chi connectivity index (χ1n) is 6.52. The molecule has 6 nitrogen and oxygen atoms in total. The summed E-state index contributed by atoms with van der Waals surface area (Å²) in [6, 6.07) is 2.46. The van der Waals surface area contributed by atoms with Crippen LogP contribution in [0.25, 0.3) is 0 Å². The maximum Gasteiger partial charge on any atom is 0.324 e. The molecule has 1 aliphatic heterocycles. The summed E-state index contributed by atoms with van der Waals surface area (Å²) in [6.45, 7) is 0.159. The van der Waals surface area contributed by atoms with Crippen molar-refractivity contribution in [2.75, 3.05) is 19.4 Å². The highest BCUT2D eigenvalue weighted by Crippen LogP contribution is 2.28. The first kappa shape index (κ1) is 15.7. The Balaban J connectivity index is 2.43. The standard InChI is InChI=1S/C13H17FN2O4S/c1-20-13(17)11-4-2-3-7-16(11)21(18,19)12-6-5-9(15)8-10(12)14/h5-6,8,11H,2-4,7,15H2,1H3. The van der Waals surface area contributed by atoms with Crippen LogP contribution in [0.1, 0.15) is 19.3 Å². The Bertz CT molecular complexity index is 648. The summed E-state index contributed by atoms with van der Waals surface area (Å²) in [5.74, 6) is -1.56. The van der Waals surface area contributed by atoms with Crippen LogP contribution < -0.4 is 5.73 Å². The molecule has 2 N–H and O–H groups in total. The van der Waals surface area contributed by atoms with Gasteiger partial charge < -0.3 is 10.5 Å². The lowest BCUT2D eigenvalue weighted by Gasteiger charge is -2.32. The number of rotatable bonds is 3. The fourth-order valence-corrected chi connectivity index (χ4v) is 4.11. The molecular weight excluding hydrogens is 299 g/mol. The van der Waals surface area contributed by atoms with Crippen molar-refractivity contribution >= 4 is 21.7 Å². The molecule has 21 heavy (non-hydrogen) atoms. The zero-order valence-electron chi connectivity index (χ0n) is 11.6. The number of hydrogen-bond acceptors (Lipinski definition) is 5. The molecule has 0 aromatic heterocycles. The van der Waals surface area contributed by atoms with Gasteiger partial charge in [0, 0.05) is 12.2 Å². The lowest BCUT2D eigenvalue weighted by molar-refractivity contribution is -0.146. The minimum Gasteiger partial charge on any atom is -0.468 e. The van der Waals surface area contributed by atoms with Gasteiger partial charge >= 0.3 is 5.97 Å². The van der Waals surface area contributed by atoms with Gasteiger partial charge in [0.25, 0.3) is 0 Å². The van der Waals surface area contributed by atoms with Gasteiger partial charge in [0.2, 0.25) is 10.0 Å². The summed E-state index contributed by atoms with van der Waals surface area (Å²) >= 11 is 0. The second-order valence-corrected chi connectivity index (χ2v) is 6.70. The third-order valence-electron chi connectivity index (χ3n) is 3.47. The Morgan fingerprint density at radius 1 is 1.43 bits per heavy atom. The van der Waals surface area contributed by atoms with Crippen LogP contribution in [0.15, 0.2) is 23.1 Å². The first-order valence-corrected chi connectivity index (χ1v) is 7.96. The largest absolute Gasteiger partial charge is 0.468 e. The van der Waals surface area contributed by atoms with Crippen LogP contribution in [0.3, 0.4) is 0 Å². The van der Waals surface area contributed by atoms with Crippen LogP contribution in [-0.4, -0.2) is 38.4 Å². The highest BCUT2D eigenvalue weighted by atomic mass is 32.2. The van der Waals surface area contributed by atoms with Crippen molar-refractivity contribution in [3.63, 3.8) is 0 Å². The van der Waals surface area contributed by atoms with Gasteiger partial charge in [-0.1, -0.05) is 0 Å². The van der Waals surface area contributed by atoms with E-state index in [0.29, 0.717) is 12.8 Å². The maximum absolute atomic E-state index is 13.9. The quantitative estimate of drug-likeness (QED) is 0.667. The SMILES string of the molecule is COC(=O)C1CCCCN1S(=O)(=O)c1ccc(N)cc1F. The number of nitrogens with zero attached hydrogens (tertiary/aromatic N) is 1. The summed E-state index contributed by atoms with van der Waals surface area (Å²) in [7, 11) is -2.91. The Hall–Kier alpha value is -1.67.